The Kier molecular flexibility index (Phi) is 5.30. The van der Waals surface area contributed by atoms with Gasteiger partial charge in [-0.15, -0.1) is 11.6 Å². The largest absolute Gasteiger partial charge is 0.346 e. The number of pyridine rings is 1. The third kappa shape index (κ3) is 3.94. The van der Waals surface area contributed by atoms with Crippen molar-refractivity contribution >= 4 is 39.2 Å². The number of nitrogens with one attached hydrogen (secondary N) is 1. The number of carbonyl (C=O) groups is 1. The van der Waals surface area contributed by atoms with Crippen molar-refractivity contribution in [3.05, 3.63) is 95.5 Å². The van der Waals surface area contributed by atoms with Crippen LogP contribution in [0.15, 0.2) is 72.8 Å². The molecular formula is C26H21ClFN3OS. The Hall–Kier alpha value is -3.09. The molecule has 0 bridgehead atoms. The van der Waals surface area contributed by atoms with Crippen molar-refractivity contribution in [2.45, 2.75) is 24.8 Å². The molecule has 1 aliphatic carbocycles. The van der Waals surface area contributed by atoms with E-state index < -0.39 is 11.4 Å². The normalized spacial score (nSPS) is 14.4. The van der Waals surface area contributed by atoms with Gasteiger partial charge in [-0.05, 0) is 49.2 Å². The van der Waals surface area contributed by atoms with Gasteiger partial charge in [-0.3, -0.25) is 4.79 Å². The highest BCUT2D eigenvalue weighted by atomic mass is 35.5. The van der Waals surface area contributed by atoms with Crippen LogP contribution in [-0.2, 0) is 15.7 Å². The van der Waals surface area contributed by atoms with Crippen LogP contribution in [0, 0.1) is 5.82 Å². The summed E-state index contributed by atoms with van der Waals surface area (Å²) < 4.78 is 15.1. The van der Waals surface area contributed by atoms with Crippen LogP contribution in [0.25, 0.3) is 20.9 Å². The number of aromatic nitrogens is 2. The molecule has 1 N–H and O–H groups in total. The van der Waals surface area contributed by atoms with E-state index in [4.69, 9.17) is 16.6 Å². The number of hydrogen-bond acceptors (Lipinski definition) is 4. The highest BCUT2D eigenvalue weighted by molar-refractivity contribution is 7.21. The van der Waals surface area contributed by atoms with E-state index in [1.165, 1.54) is 23.0 Å². The molecule has 1 aliphatic rings. The highest BCUT2D eigenvalue weighted by Gasteiger charge is 2.39. The molecule has 4 nitrogen and oxygen atoms in total. The maximum absolute atomic E-state index is 15.1. The summed E-state index contributed by atoms with van der Waals surface area (Å²) in [6.07, 6.45) is 4.28. The minimum absolute atomic E-state index is 0.147. The molecule has 1 amide bonds. The number of amides is 1. The molecule has 5 rings (SSSR count). The topological polar surface area (TPSA) is 54.9 Å². The molecule has 0 unspecified atom stereocenters. The van der Waals surface area contributed by atoms with Crippen LogP contribution in [0.5, 0.6) is 0 Å². The highest BCUT2D eigenvalue weighted by Crippen LogP contribution is 2.45. The molecule has 0 saturated heterocycles. The van der Waals surface area contributed by atoms with Gasteiger partial charge in [0.1, 0.15) is 27.1 Å². The number of hydrogen-bond donors (Lipinski definition) is 1. The van der Waals surface area contributed by atoms with E-state index in [0.717, 1.165) is 16.0 Å². The molecule has 7 heteroatoms. The summed E-state index contributed by atoms with van der Waals surface area (Å²) in [4.78, 5) is 22.0. The maximum Gasteiger partial charge on any atom is 0.235 e. The van der Waals surface area contributed by atoms with Crippen molar-refractivity contribution < 1.29 is 9.18 Å². The number of nitrogens with zero attached hydrogens (tertiary/aromatic N) is 2. The number of allylic oxidation sites excluding steroid dienone is 2. The van der Waals surface area contributed by atoms with E-state index in [9.17, 15) is 4.79 Å². The molecule has 0 atom stereocenters. The van der Waals surface area contributed by atoms with Gasteiger partial charge in [0.2, 0.25) is 5.91 Å². The van der Waals surface area contributed by atoms with Gasteiger partial charge >= 0.3 is 0 Å². The zero-order valence-corrected chi connectivity index (χ0v) is 19.7. The van der Waals surface area contributed by atoms with Crippen LogP contribution in [0.4, 0.5) is 4.39 Å². The summed E-state index contributed by atoms with van der Waals surface area (Å²) in [5, 5.41) is 3.37. The average Bonchev–Trinajstić information content (AvgIpc) is 3.52. The van der Waals surface area contributed by atoms with E-state index in [1.807, 2.05) is 44.2 Å². The van der Waals surface area contributed by atoms with E-state index in [1.54, 1.807) is 12.1 Å². The Morgan fingerprint density at radius 2 is 1.85 bits per heavy atom. The van der Waals surface area contributed by atoms with Crippen LogP contribution in [0.2, 0.25) is 0 Å². The second-order valence-electron chi connectivity index (χ2n) is 8.61. The van der Waals surface area contributed by atoms with Crippen molar-refractivity contribution in [2.24, 2.45) is 0 Å². The zero-order chi connectivity index (χ0) is 23.2. The van der Waals surface area contributed by atoms with Crippen molar-refractivity contribution in [3.63, 3.8) is 0 Å². The summed E-state index contributed by atoms with van der Waals surface area (Å²) in [6.45, 7) is 3.62. The molecular weight excluding hydrogens is 457 g/mol. The predicted octanol–water partition coefficient (Wildman–Crippen LogP) is 5.94. The first-order valence-electron chi connectivity index (χ1n) is 10.5. The van der Waals surface area contributed by atoms with Crippen molar-refractivity contribution in [1.29, 1.82) is 0 Å². The monoisotopic (exact) mass is 477 g/mol. The van der Waals surface area contributed by atoms with Crippen molar-refractivity contribution in [3.8, 4) is 10.6 Å². The summed E-state index contributed by atoms with van der Waals surface area (Å²) >= 11 is 6.96. The van der Waals surface area contributed by atoms with Gasteiger partial charge in [-0.1, -0.05) is 59.9 Å². The van der Waals surface area contributed by atoms with Gasteiger partial charge in [0, 0.05) is 5.56 Å². The minimum Gasteiger partial charge on any atom is -0.346 e. The smallest absolute Gasteiger partial charge is 0.235 e. The lowest BCUT2D eigenvalue weighted by atomic mass is 9.89. The summed E-state index contributed by atoms with van der Waals surface area (Å²) in [6, 6.07) is 19.1. The lowest BCUT2D eigenvalue weighted by molar-refractivity contribution is -0.120. The summed E-state index contributed by atoms with van der Waals surface area (Å²) in [5.41, 5.74) is 2.87. The van der Waals surface area contributed by atoms with Crippen LogP contribution in [0.1, 0.15) is 30.7 Å². The number of benzene rings is 2. The van der Waals surface area contributed by atoms with E-state index in [0.29, 0.717) is 16.1 Å². The lowest BCUT2D eigenvalue weighted by Crippen LogP contribution is -2.41. The molecule has 2 aromatic heterocycles. The minimum atomic E-state index is -0.752. The van der Waals surface area contributed by atoms with Gasteiger partial charge in [0.25, 0.3) is 0 Å². The number of alkyl halides is 1. The Morgan fingerprint density at radius 3 is 2.52 bits per heavy atom. The third-order valence-electron chi connectivity index (χ3n) is 5.93. The maximum atomic E-state index is 15.1. The van der Waals surface area contributed by atoms with E-state index in [-0.39, 0.29) is 17.2 Å². The molecule has 166 valence electrons. The van der Waals surface area contributed by atoms with Gasteiger partial charge in [0.05, 0.1) is 16.6 Å². The Morgan fingerprint density at radius 1 is 1.09 bits per heavy atom. The Balaban J connectivity index is 1.47. The first-order chi connectivity index (χ1) is 15.8. The molecule has 2 heterocycles. The molecule has 2 aromatic carbocycles. The van der Waals surface area contributed by atoms with Crippen LogP contribution >= 0.6 is 22.9 Å². The van der Waals surface area contributed by atoms with Crippen molar-refractivity contribution in [2.75, 3.05) is 5.88 Å². The van der Waals surface area contributed by atoms with Crippen molar-refractivity contribution in [1.82, 2.24) is 15.3 Å². The van der Waals surface area contributed by atoms with E-state index >= 15 is 4.39 Å². The van der Waals surface area contributed by atoms with Gasteiger partial charge in [-0.25, -0.2) is 14.4 Å². The number of halogens is 2. The SMILES string of the molecule is CC(C)(NC(=O)CCl)c1ccc(-c2nc3ccc(C4(c5ccccc5)C=C4)nc3s2)c(F)c1. The van der Waals surface area contributed by atoms with Gasteiger partial charge in [-0.2, -0.15) is 0 Å². The number of thiazole rings is 1. The number of carbonyl (C=O) groups excluding carboxylic acids is 1. The van der Waals surface area contributed by atoms with Crippen LogP contribution in [0.3, 0.4) is 0 Å². The second kappa shape index (κ2) is 8.04. The number of fused-ring (bicyclic) bond motifs is 1. The lowest BCUT2D eigenvalue weighted by Gasteiger charge is -2.26. The van der Waals surface area contributed by atoms with Gasteiger partial charge in [0.15, 0.2) is 0 Å². The molecule has 0 radical (unpaired) electrons. The third-order valence-corrected chi connectivity index (χ3v) is 7.17. The summed E-state index contributed by atoms with van der Waals surface area (Å²) in [5.74, 6) is -0.853. The zero-order valence-electron chi connectivity index (χ0n) is 18.1. The molecule has 4 aromatic rings. The Labute approximate surface area is 200 Å². The Bertz CT molecular complexity index is 1390. The molecule has 33 heavy (non-hydrogen) atoms. The first-order valence-corrected chi connectivity index (χ1v) is 11.9. The second-order valence-corrected chi connectivity index (χ2v) is 9.85. The predicted molar refractivity (Wildman–Crippen MR) is 131 cm³/mol. The number of rotatable bonds is 6. The fourth-order valence-electron chi connectivity index (χ4n) is 4.00. The fourth-order valence-corrected chi connectivity index (χ4v) is 5.03. The standard InChI is InChI=1S/C26H21ClFN3OS/c1-25(2,31-22(32)15-27)17-8-9-18(19(28)14-17)23-29-20-10-11-21(30-24(20)33-23)26(12-13-26)16-6-4-3-5-7-16/h3-14H,15H2,1-2H3,(H,31,32). The quantitative estimate of drug-likeness (QED) is 0.276. The molecule has 0 fully saturated rings. The van der Waals surface area contributed by atoms with Gasteiger partial charge < -0.3 is 5.32 Å². The fraction of sp³-hybridized carbons (Fsp3) is 0.192. The van der Waals surface area contributed by atoms with E-state index in [2.05, 4.69) is 34.6 Å². The summed E-state index contributed by atoms with van der Waals surface area (Å²) in [7, 11) is 0. The van der Waals surface area contributed by atoms with Crippen LogP contribution in [-0.4, -0.2) is 21.8 Å². The average molecular weight is 478 g/mol. The van der Waals surface area contributed by atoms with Crippen LogP contribution < -0.4 is 5.32 Å². The first kappa shape index (κ1) is 21.7. The molecule has 0 saturated carbocycles. The molecule has 0 aliphatic heterocycles. The molecule has 0 spiro atoms.